The molecule has 0 atom stereocenters. The molecule has 5 nitrogen and oxygen atoms in total. The molecule has 0 bridgehead atoms. The number of hydrogen-bond donors (Lipinski definition) is 1. The summed E-state index contributed by atoms with van der Waals surface area (Å²) in [4.78, 5) is 1.95. The maximum atomic E-state index is 9.41. The first-order valence-electron chi connectivity index (χ1n) is 6.93. The van der Waals surface area contributed by atoms with E-state index in [4.69, 9.17) is 14.9 Å². The van der Waals surface area contributed by atoms with E-state index in [2.05, 4.69) is 6.07 Å². The van der Waals surface area contributed by atoms with Crippen LogP contribution in [0.25, 0.3) is 5.70 Å². The van der Waals surface area contributed by atoms with Crippen molar-refractivity contribution in [2.75, 3.05) is 20.8 Å². The molecule has 0 saturated carbocycles. The van der Waals surface area contributed by atoms with E-state index in [1.54, 1.807) is 14.2 Å². The third-order valence-electron chi connectivity index (χ3n) is 4.10. The molecule has 21 heavy (non-hydrogen) atoms. The average Bonchev–Trinajstić information content (AvgIpc) is 2.53. The lowest BCUT2D eigenvalue weighted by molar-refractivity contribution is 0.353. The van der Waals surface area contributed by atoms with Crippen LogP contribution in [0.4, 0.5) is 0 Å². The van der Waals surface area contributed by atoms with Crippen LogP contribution in [0.5, 0.6) is 11.5 Å². The highest BCUT2D eigenvalue weighted by molar-refractivity contribution is 5.94. The van der Waals surface area contributed by atoms with Crippen molar-refractivity contribution in [3.63, 3.8) is 0 Å². The van der Waals surface area contributed by atoms with Gasteiger partial charge in [0.2, 0.25) is 0 Å². The predicted octanol–water partition coefficient (Wildman–Crippen LogP) is 2.57. The first-order chi connectivity index (χ1) is 10.2. The first kappa shape index (κ1) is 13.5. The van der Waals surface area contributed by atoms with Gasteiger partial charge in [-0.05, 0) is 30.5 Å². The molecule has 0 saturated heterocycles. The number of hydrogen-bond acceptors (Lipinski definition) is 4. The number of nitriles is 1. The maximum Gasteiger partial charge on any atom is 0.161 e. The normalized spacial score (nSPS) is 17.0. The van der Waals surface area contributed by atoms with Crippen LogP contribution < -0.4 is 9.47 Å². The standard InChI is InChI=1S/C16H17N3O2/c1-20-13-7-10-5-6-19-15(18)4-3-11(9-17)16(19)12(10)8-14(13)21-2/h7-8,18H,3-6H2,1-2H3. The van der Waals surface area contributed by atoms with Crippen molar-refractivity contribution < 1.29 is 9.47 Å². The zero-order valence-corrected chi connectivity index (χ0v) is 12.2. The second kappa shape index (κ2) is 5.13. The number of fused-ring (bicyclic) bond motifs is 3. The van der Waals surface area contributed by atoms with Crippen LogP contribution >= 0.6 is 0 Å². The predicted molar refractivity (Wildman–Crippen MR) is 79.4 cm³/mol. The van der Waals surface area contributed by atoms with Gasteiger partial charge in [-0.2, -0.15) is 5.26 Å². The quantitative estimate of drug-likeness (QED) is 0.905. The summed E-state index contributed by atoms with van der Waals surface area (Å²) in [7, 11) is 3.23. The van der Waals surface area contributed by atoms with Gasteiger partial charge in [0.1, 0.15) is 5.84 Å². The van der Waals surface area contributed by atoms with Crippen LogP contribution in [0.1, 0.15) is 24.0 Å². The van der Waals surface area contributed by atoms with E-state index in [0.717, 1.165) is 35.4 Å². The monoisotopic (exact) mass is 283 g/mol. The molecule has 0 unspecified atom stereocenters. The minimum Gasteiger partial charge on any atom is -0.493 e. The van der Waals surface area contributed by atoms with Crippen molar-refractivity contribution in [3.05, 3.63) is 28.8 Å². The van der Waals surface area contributed by atoms with Crippen molar-refractivity contribution in [2.24, 2.45) is 0 Å². The number of methoxy groups -OCH3 is 2. The second-order valence-electron chi connectivity index (χ2n) is 5.15. The number of benzene rings is 1. The number of amidine groups is 1. The molecule has 2 aliphatic rings. The second-order valence-corrected chi connectivity index (χ2v) is 5.15. The van der Waals surface area contributed by atoms with E-state index in [9.17, 15) is 5.26 Å². The fraction of sp³-hybridized carbons (Fsp3) is 0.375. The Balaban J connectivity index is 2.23. The molecule has 0 aromatic heterocycles. The molecular formula is C16H17N3O2. The van der Waals surface area contributed by atoms with Gasteiger partial charge in [0.05, 0.1) is 31.6 Å². The lowest BCUT2D eigenvalue weighted by Crippen LogP contribution is -2.37. The zero-order chi connectivity index (χ0) is 15.0. The molecular weight excluding hydrogens is 266 g/mol. The van der Waals surface area contributed by atoms with Crippen LogP contribution in [0.2, 0.25) is 0 Å². The SMILES string of the molecule is COc1cc2c(cc1OC)C1=C(C#N)CCC(=N)N1CC2. The Morgan fingerprint density at radius 1 is 1.14 bits per heavy atom. The third kappa shape index (κ3) is 2.04. The molecule has 1 N–H and O–H groups in total. The van der Waals surface area contributed by atoms with Gasteiger partial charge >= 0.3 is 0 Å². The van der Waals surface area contributed by atoms with Crippen LogP contribution in [0, 0.1) is 16.7 Å². The van der Waals surface area contributed by atoms with E-state index in [0.29, 0.717) is 30.2 Å². The topological polar surface area (TPSA) is 69.3 Å². The largest absolute Gasteiger partial charge is 0.493 e. The van der Waals surface area contributed by atoms with Crippen LogP contribution in [-0.4, -0.2) is 31.5 Å². The number of allylic oxidation sites excluding steroid dienone is 1. The van der Waals surface area contributed by atoms with E-state index in [1.165, 1.54) is 0 Å². The molecule has 2 aliphatic heterocycles. The fourth-order valence-electron chi connectivity index (χ4n) is 3.04. The van der Waals surface area contributed by atoms with E-state index in [1.807, 2.05) is 17.0 Å². The maximum absolute atomic E-state index is 9.41. The number of ether oxygens (including phenoxy) is 2. The highest BCUT2D eigenvalue weighted by Crippen LogP contribution is 2.41. The Hall–Kier alpha value is -2.48. The first-order valence-corrected chi connectivity index (χ1v) is 6.93. The van der Waals surface area contributed by atoms with Gasteiger partial charge < -0.3 is 14.4 Å². The summed E-state index contributed by atoms with van der Waals surface area (Å²) in [6, 6.07) is 6.20. The molecule has 0 aliphatic carbocycles. The lowest BCUT2D eigenvalue weighted by atomic mass is 9.89. The highest BCUT2D eigenvalue weighted by Gasteiger charge is 2.31. The van der Waals surface area contributed by atoms with Crippen molar-refractivity contribution in [1.82, 2.24) is 4.90 Å². The van der Waals surface area contributed by atoms with Gasteiger partial charge in [-0.15, -0.1) is 0 Å². The van der Waals surface area contributed by atoms with Crippen molar-refractivity contribution in [2.45, 2.75) is 19.3 Å². The fourth-order valence-corrected chi connectivity index (χ4v) is 3.04. The van der Waals surface area contributed by atoms with Crippen LogP contribution in [-0.2, 0) is 6.42 Å². The summed E-state index contributed by atoms with van der Waals surface area (Å²) < 4.78 is 10.7. The zero-order valence-electron chi connectivity index (χ0n) is 12.2. The van der Waals surface area contributed by atoms with Crippen molar-refractivity contribution in [3.8, 4) is 17.6 Å². The van der Waals surface area contributed by atoms with E-state index >= 15 is 0 Å². The Labute approximate surface area is 123 Å². The van der Waals surface area contributed by atoms with Crippen LogP contribution in [0.15, 0.2) is 17.7 Å². The van der Waals surface area contributed by atoms with Gasteiger partial charge in [-0.25, -0.2) is 0 Å². The molecule has 3 rings (SSSR count). The molecule has 1 aromatic carbocycles. The van der Waals surface area contributed by atoms with E-state index < -0.39 is 0 Å². The molecule has 5 heteroatoms. The van der Waals surface area contributed by atoms with Crippen LogP contribution in [0.3, 0.4) is 0 Å². The molecule has 0 fully saturated rings. The van der Waals surface area contributed by atoms with Gasteiger partial charge in [0, 0.05) is 18.5 Å². The Bertz CT molecular complexity index is 685. The third-order valence-corrected chi connectivity index (χ3v) is 4.10. The number of rotatable bonds is 2. The summed E-state index contributed by atoms with van der Waals surface area (Å²) in [6.07, 6.45) is 2.10. The minimum absolute atomic E-state index is 0.587. The highest BCUT2D eigenvalue weighted by atomic mass is 16.5. The van der Waals surface area contributed by atoms with Gasteiger partial charge in [0.25, 0.3) is 0 Å². The Morgan fingerprint density at radius 2 is 1.86 bits per heavy atom. The Kier molecular flexibility index (Phi) is 3.30. The molecule has 2 heterocycles. The number of nitrogens with one attached hydrogen (secondary N) is 1. The summed E-state index contributed by atoms with van der Waals surface area (Å²) in [5.41, 5.74) is 3.75. The van der Waals surface area contributed by atoms with Gasteiger partial charge in [-0.1, -0.05) is 0 Å². The smallest absolute Gasteiger partial charge is 0.161 e. The molecule has 0 radical (unpaired) electrons. The van der Waals surface area contributed by atoms with Gasteiger partial charge in [0.15, 0.2) is 11.5 Å². The van der Waals surface area contributed by atoms with Crippen molar-refractivity contribution >= 4 is 11.5 Å². The molecule has 0 amide bonds. The summed E-state index contributed by atoms with van der Waals surface area (Å²) in [5, 5.41) is 17.5. The lowest BCUT2D eigenvalue weighted by Gasteiger charge is -2.37. The van der Waals surface area contributed by atoms with E-state index in [-0.39, 0.29) is 0 Å². The molecule has 0 spiro atoms. The summed E-state index contributed by atoms with van der Waals surface area (Å²) in [5.74, 6) is 1.94. The van der Waals surface area contributed by atoms with Gasteiger partial charge in [-0.3, -0.25) is 5.41 Å². The Morgan fingerprint density at radius 3 is 2.52 bits per heavy atom. The summed E-state index contributed by atoms with van der Waals surface area (Å²) in [6.45, 7) is 0.738. The number of nitrogens with zero attached hydrogens (tertiary/aromatic N) is 2. The molecule has 108 valence electrons. The van der Waals surface area contributed by atoms with Crippen molar-refractivity contribution in [1.29, 1.82) is 10.7 Å². The molecule has 1 aromatic rings. The summed E-state index contributed by atoms with van der Waals surface area (Å²) >= 11 is 0. The minimum atomic E-state index is 0.587. The average molecular weight is 283 g/mol.